The van der Waals surface area contributed by atoms with Crippen LogP contribution in [0.5, 0.6) is 0 Å². The molecule has 0 aliphatic heterocycles. The molecule has 150 valence electrons. The zero-order valence-corrected chi connectivity index (χ0v) is 17.6. The van der Waals surface area contributed by atoms with Gasteiger partial charge < -0.3 is 0 Å². The number of halogens is 1. The second-order valence-electron chi connectivity index (χ2n) is 9.38. The summed E-state index contributed by atoms with van der Waals surface area (Å²) in [6, 6.07) is 5.51. The average molecular weight is 371 g/mol. The Morgan fingerprint density at radius 1 is 0.852 bits per heavy atom. The quantitative estimate of drug-likeness (QED) is 0.426. The van der Waals surface area contributed by atoms with E-state index in [-0.39, 0.29) is 5.82 Å². The van der Waals surface area contributed by atoms with Crippen molar-refractivity contribution in [2.24, 2.45) is 23.7 Å². The molecule has 2 fully saturated rings. The standard InChI is InChI=1S/C26H39F/c1-3-4-5-6-21-9-13-24(14-10-21)25-15-11-22(12-16-25)7-8-23-17-20(2)18-26(27)19-23/h3-4,17-19,21-22,24-25H,5-16H2,1-2H3/b4-3+. The maximum atomic E-state index is 13.6. The number of benzene rings is 1. The first kappa shape index (κ1) is 20.6. The molecule has 0 spiro atoms. The number of rotatable bonds is 7. The van der Waals surface area contributed by atoms with Crippen LogP contribution in [0.2, 0.25) is 0 Å². The number of allylic oxidation sites excluding steroid dienone is 2. The molecule has 1 aromatic carbocycles. The van der Waals surface area contributed by atoms with Crippen LogP contribution in [0.4, 0.5) is 4.39 Å². The molecule has 0 amide bonds. The lowest BCUT2D eigenvalue weighted by molar-refractivity contribution is 0.141. The van der Waals surface area contributed by atoms with E-state index in [1.165, 1.54) is 76.2 Å². The molecular weight excluding hydrogens is 331 g/mol. The predicted octanol–water partition coefficient (Wildman–Crippen LogP) is 8.04. The average Bonchev–Trinajstić information content (AvgIpc) is 2.67. The molecule has 0 bridgehead atoms. The molecule has 3 rings (SSSR count). The van der Waals surface area contributed by atoms with Gasteiger partial charge in [0.2, 0.25) is 0 Å². The maximum Gasteiger partial charge on any atom is 0.123 e. The van der Waals surface area contributed by atoms with Gasteiger partial charge in [-0.25, -0.2) is 4.39 Å². The summed E-state index contributed by atoms with van der Waals surface area (Å²) in [7, 11) is 0. The largest absolute Gasteiger partial charge is 0.207 e. The van der Waals surface area contributed by atoms with Gasteiger partial charge in [-0.3, -0.25) is 0 Å². The van der Waals surface area contributed by atoms with Crippen molar-refractivity contribution in [1.82, 2.24) is 0 Å². The second-order valence-corrected chi connectivity index (χ2v) is 9.38. The molecule has 0 radical (unpaired) electrons. The molecule has 27 heavy (non-hydrogen) atoms. The molecule has 0 atom stereocenters. The van der Waals surface area contributed by atoms with Crippen LogP contribution in [0.1, 0.15) is 88.7 Å². The van der Waals surface area contributed by atoms with Crippen molar-refractivity contribution in [3.05, 3.63) is 47.3 Å². The lowest BCUT2D eigenvalue weighted by Gasteiger charge is -2.38. The Hall–Kier alpha value is -1.11. The summed E-state index contributed by atoms with van der Waals surface area (Å²) >= 11 is 0. The summed E-state index contributed by atoms with van der Waals surface area (Å²) < 4.78 is 13.6. The van der Waals surface area contributed by atoms with Crippen LogP contribution >= 0.6 is 0 Å². The van der Waals surface area contributed by atoms with Crippen molar-refractivity contribution in [3.63, 3.8) is 0 Å². The Balaban J connectivity index is 1.35. The highest BCUT2D eigenvalue weighted by atomic mass is 19.1. The van der Waals surface area contributed by atoms with Gasteiger partial charge in [0.05, 0.1) is 0 Å². The van der Waals surface area contributed by atoms with Crippen LogP contribution in [0.25, 0.3) is 0 Å². The van der Waals surface area contributed by atoms with E-state index in [2.05, 4.69) is 25.1 Å². The Labute approximate surface area is 166 Å². The third kappa shape index (κ3) is 6.47. The van der Waals surface area contributed by atoms with E-state index in [0.717, 1.165) is 35.7 Å². The van der Waals surface area contributed by atoms with Crippen molar-refractivity contribution in [3.8, 4) is 0 Å². The van der Waals surface area contributed by atoms with E-state index in [0.29, 0.717) is 0 Å². The molecule has 0 heterocycles. The third-order valence-corrected chi connectivity index (χ3v) is 7.37. The Morgan fingerprint density at radius 2 is 1.44 bits per heavy atom. The predicted molar refractivity (Wildman–Crippen MR) is 114 cm³/mol. The van der Waals surface area contributed by atoms with Gasteiger partial charge in [-0.15, -0.1) is 0 Å². The first-order valence-electron chi connectivity index (χ1n) is 11.5. The monoisotopic (exact) mass is 370 g/mol. The third-order valence-electron chi connectivity index (χ3n) is 7.37. The van der Waals surface area contributed by atoms with Gasteiger partial charge in [0.25, 0.3) is 0 Å². The molecule has 2 aliphatic carbocycles. The summed E-state index contributed by atoms with van der Waals surface area (Å²) in [5.41, 5.74) is 2.24. The highest BCUT2D eigenvalue weighted by Crippen LogP contribution is 2.43. The fourth-order valence-electron chi connectivity index (χ4n) is 5.72. The number of hydrogen-bond acceptors (Lipinski definition) is 0. The Morgan fingerprint density at radius 3 is 2.00 bits per heavy atom. The molecule has 2 aliphatic rings. The highest BCUT2D eigenvalue weighted by molar-refractivity contribution is 5.23. The van der Waals surface area contributed by atoms with Crippen LogP contribution < -0.4 is 0 Å². The minimum atomic E-state index is -0.0740. The van der Waals surface area contributed by atoms with Gasteiger partial charge in [0, 0.05) is 0 Å². The molecule has 2 saturated carbocycles. The number of aryl methyl sites for hydroxylation is 2. The molecule has 0 saturated heterocycles. The molecular formula is C26H39F. The fourth-order valence-corrected chi connectivity index (χ4v) is 5.72. The highest BCUT2D eigenvalue weighted by Gasteiger charge is 2.30. The van der Waals surface area contributed by atoms with Gasteiger partial charge in [0.1, 0.15) is 5.82 Å². The van der Waals surface area contributed by atoms with Crippen molar-refractivity contribution in [2.75, 3.05) is 0 Å². The van der Waals surface area contributed by atoms with Crippen LogP contribution in [0, 0.1) is 36.4 Å². The van der Waals surface area contributed by atoms with E-state index in [1.54, 1.807) is 12.1 Å². The first-order valence-corrected chi connectivity index (χ1v) is 11.5. The van der Waals surface area contributed by atoms with Gasteiger partial charge in [-0.1, -0.05) is 43.9 Å². The van der Waals surface area contributed by atoms with Gasteiger partial charge in [-0.05, 0) is 112 Å². The van der Waals surface area contributed by atoms with E-state index in [4.69, 9.17) is 0 Å². The van der Waals surface area contributed by atoms with E-state index in [9.17, 15) is 4.39 Å². The van der Waals surface area contributed by atoms with E-state index in [1.807, 2.05) is 6.92 Å². The summed E-state index contributed by atoms with van der Waals surface area (Å²) in [5, 5.41) is 0. The van der Waals surface area contributed by atoms with Crippen molar-refractivity contribution in [2.45, 2.75) is 90.9 Å². The molecule has 0 unspecified atom stereocenters. The van der Waals surface area contributed by atoms with Crippen LogP contribution in [-0.4, -0.2) is 0 Å². The van der Waals surface area contributed by atoms with Crippen molar-refractivity contribution < 1.29 is 4.39 Å². The SMILES string of the molecule is C/C=C/CCC1CCC(C2CCC(CCc3cc(C)cc(F)c3)CC2)CC1. The smallest absolute Gasteiger partial charge is 0.123 e. The van der Waals surface area contributed by atoms with E-state index < -0.39 is 0 Å². The topological polar surface area (TPSA) is 0 Å². The Bertz CT molecular complexity index is 566. The molecule has 1 heteroatoms. The fraction of sp³-hybridized carbons (Fsp3) is 0.692. The minimum absolute atomic E-state index is 0.0740. The molecule has 0 nitrogen and oxygen atoms in total. The van der Waals surface area contributed by atoms with Crippen molar-refractivity contribution >= 4 is 0 Å². The summed E-state index contributed by atoms with van der Waals surface area (Å²) in [5.74, 6) is 3.78. The normalized spacial score (nSPS) is 29.3. The number of hydrogen-bond donors (Lipinski definition) is 0. The zero-order chi connectivity index (χ0) is 19.1. The summed E-state index contributed by atoms with van der Waals surface area (Å²) in [6.45, 7) is 4.12. The summed E-state index contributed by atoms with van der Waals surface area (Å²) in [4.78, 5) is 0. The summed E-state index contributed by atoms with van der Waals surface area (Å²) in [6.07, 6.45) is 21.1. The van der Waals surface area contributed by atoms with Crippen LogP contribution in [-0.2, 0) is 6.42 Å². The first-order chi connectivity index (χ1) is 13.1. The van der Waals surface area contributed by atoms with Gasteiger partial charge in [0.15, 0.2) is 0 Å². The van der Waals surface area contributed by atoms with Gasteiger partial charge >= 0.3 is 0 Å². The minimum Gasteiger partial charge on any atom is -0.207 e. The lowest BCUT2D eigenvalue weighted by Crippen LogP contribution is -2.26. The maximum absolute atomic E-state index is 13.6. The molecule has 0 N–H and O–H groups in total. The van der Waals surface area contributed by atoms with Gasteiger partial charge in [-0.2, -0.15) is 0 Å². The second kappa shape index (κ2) is 10.4. The lowest BCUT2D eigenvalue weighted by atomic mass is 9.68. The van der Waals surface area contributed by atoms with Crippen LogP contribution in [0.15, 0.2) is 30.4 Å². The zero-order valence-electron chi connectivity index (χ0n) is 17.6. The van der Waals surface area contributed by atoms with Crippen molar-refractivity contribution in [1.29, 1.82) is 0 Å². The van der Waals surface area contributed by atoms with Crippen LogP contribution in [0.3, 0.4) is 0 Å². The molecule has 1 aromatic rings. The molecule has 0 aromatic heterocycles. The Kier molecular flexibility index (Phi) is 7.97. The van der Waals surface area contributed by atoms with E-state index >= 15 is 0 Å².